The number of hydrogen-bond donors (Lipinski definition) is 1. The molecule has 1 atom stereocenters. The third-order valence-corrected chi connectivity index (χ3v) is 5.66. The number of halogens is 1. The second kappa shape index (κ2) is 6.91. The van der Waals surface area contributed by atoms with Crippen LogP contribution >= 0.6 is 27.3 Å². The van der Waals surface area contributed by atoms with E-state index in [0.717, 1.165) is 12.5 Å². The van der Waals surface area contributed by atoms with Crippen molar-refractivity contribution in [3.63, 3.8) is 0 Å². The summed E-state index contributed by atoms with van der Waals surface area (Å²) in [6.07, 6.45) is 8.35. The number of hydrogen-bond acceptors (Lipinski definition) is 2. The van der Waals surface area contributed by atoms with Crippen molar-refractivity contribution in [3.8, 4) is 0 Å². The first-order valence-corrected chi connectivity index (χ1v) is 8.42. The zero-order valence-electron chi connectivity index (χ0n) is 10.5. The summed E-state index contributed by atoms with van der Waals surface area (Å²) < 4.78 is 1.29. The highest BCUT2D eigenvalue weighted by Gasteiger charge is 2.20. The molecule has 17 heavy (non-hydrogen) atoms. The molecule has 0 saturated heterocycles. The number of likely N-dealkylation sites (N-methyl/N-ethyl adjacent to an activating group) is 1. The van der Waals surface area contributed by atoms with Gasteiger partial charge in [0.15, 0.2) is 0 Å². The first-order valence-electron chi connectivity index (χ1n) is 6.74. The number of thiophene rings is 1. The maximum Gasteiger partial charge on any atom is 0.0314 e. The van der Waals surface area contributed by atoms with Gasteiger partial charge in [0, 0.05) is 15.4 Å². The number of nitrogens with one attached hydrogen (secondary N) is 1. The molecule has 0 bridgehead atoms. The Hall–Kier alpha value is 0.140. The minimum atomic E-state index is 0.665. The Labute approximate surface area is 117 Å². The van der Waals surface area contributed by atoms with E-state index in [4.69, 9.17) is 0 Å². The van der Waals surface area contributed by atoms with E-state index in [1.807, 2.05) is 11.3 Å². The van der Waals surface area contributed by atoms with Crippen molar-refractivity contribution in [1.82, 2.24) is 5.32 Å². The molecular weight excluding hydrogens is 294 g/mol. The molecule has 2 rings (SSSR count). The van der Waals surface area contributed by atoms with Gasteiger partial charge in [-0.1, -0.05) is 32.6 Å². The Bertz CT molecular complexity index is 331. The van der Waals surface area contributed by atoms with Gasteiger partial charge in [0.05, 0.1) is 0 Å². The van der Waals surface area contributed by atoms with Crippen LogP contribution in [0.25, 0.3) is 0 Å². The molecule has 1 nitrogen and oxygen atoms in total. The van der Waals surface area contributed by atoms with E-state index in [9.17, 15) is 0 Å². The van der Waals surface area contributed by atoms with Crippen LogP contribution in [0.3, 0.4) is 0 Å². The molecule has 96 valence electrons. The minimum Gasteiger partial charge on any atom is -0.314 e. The van der Waals surface area contributed by atoms with Gasteiger partial charge in [-0.25, -0.2) is 0 Å². The van der Waals surface area contributed by atoms with Gasteiger partial charge >= 0.3 is 0 Å². The van der Waals surface area contributed by atoms with Crippen molar-refractivity contribution < 1.29 is 0 Å². The van der Waals surface area contributed by atoms with E-state index in [1.54, 1.807) is 0 Å². The summed E-state index contributed by atoms with van der Waals surface area (Å²) >= 11 is 5.52. The Morgan fingerprint density at radius 1 is 1.47 bits per heavy atom. The van der Waals surface area contributed by atoms with Crippen molar-refractivity contribution >= 4 is 27.3 Å². The van der Waals surface area contributed by atoms with E-state index < -0.39 is 0 Å². The van der Waals surface area contributed by atoms with E-state index in [0.29, 0.717) is 6.04 Å². The molecule has 1 aliphatic carbocycles. The van der Waals surface area contributed by atoms with Gasteiger partial charge in [0.25, 0.3) is 0 Å². The average molecular weight is 316 g/mol. The molecule has 1 saturated carbocycles. The van der Waals surface area contributed by atoms with Crippen LogP contribution in [0.2, 0.25) is 0 Å². The Morgan fingerprint density at radius 3 is 2.82 bits per heavy atom. The number of rotatable bonds is 6. The molecular formula is C14H22BrNS. The summed E-state index contributed by atoms with van der Waals surface area (Å²) in [7, 11) is 0. The molecule has 1 heterocycles. The fourth-order valence-corrected chi connectivity index (χ4v) is 4.47. The van der Waals surface area contributed by atoms with Crippen molar-refractivity contribution in [1.29, 1.82) is 0 Å². The lowest BCUT2D eigenvalue weighted by molar-refractivity contribution is 0.391. The van der Waals surface area contributed by atoms with Crippen molar-refractivity contribution in [3.05, 3.63) is 20.8 Å². The van der Waals surface area contributed by atoms with Crippen molar-refractivity contribution in [2.75, 3.05) is 6.54 Å². The summed E-state index contributed by atoms with van der Waals surface area (Å²) in [5, 5.41) is 5.84. The fraction of sp³-hybridized carbons (Fsp3) is 0.714. The van der Waals surface area contributed by atoms with Crippen LogP contribution in [0, 0.1) is 5.92 Å². The largest absolute Gasteiger partial charge is 0.314 e. The normalized spacial score (nSPS) is 18.7. The second-order valence-electron chi connectivity index (χ2n) is 5.04. The van der Waals surface area contributed by atoms with Crippen LogP contribution in [0.4, 0.5) is 0 Å². The van der Waals surface area contributed by atoms with E-state index in [1.165, 1.54) is 47.9 Å². The third kappa shape index (κ3) is 4.08. The quantitative estimate of drug-likeness (QED) is 0.808. The van der Waals surface area contributed by atoms with Gasteiger partial charge in [0.2, 0.25) is 0 Å². The zero-order valence-corrected chi connectivity index (χ0v) is 12.9. The van der Waals surface area contributed by atoms with Crippen molar-refractivity contribution in [2.45, 2.75) is 51.5 Å². The monoisotopic (exact) mass is 315 g/mol. The topological polar surface area (TPSA) is 12.0 Å². The maximum absolute atomic E-state index is 3.66. The molecule has 1 fully saturated rings. The second-order valence-corrected chi connectivity index (χ2v) is 6.89. The molecule has 3 heteroatoms. The van der Waals surface area contributed by atoms with Crippen LogP contribution in [0.15, 0.2) is 15.9 Å². The van der Waals surface area contributed by atoms with Gasteiger partial charge in [-0.3, -0.25) is 0 Å². The highest BCUT2D eigenvalue weighted by atomic mass is 79.9. The molecule has 1 aromatic rings. The summed E-state index contributed by atoms with van der Waals surface area (Å²) in [4.78, 5) is 1.49. The Kier molecular flexibility index (Phi) is 5.51. The Balaban J connectivity index is 1.89. The van der Waals surface area contributed by atoms with Gasteiger partial charge in [-0.2, -0.15) is 0 Å². The van der Waals surface area contributed by atoms with Crippen LogP contribution in [0.1, 0.15) is 43.9 Å². The summed E-state index contributed by atoms with van der Waals surface area (Å²) in [5.74, 6) is 0.970. The van der Waals surface area contributed by atoms with Crippen LogP contribution in [-0.4, -0.2) is 12.6 Å². The molecule has 0 radical (unpaired) electrons. The van der Waals surface area contributed by atoms with Gasteiger partial charge in [-0.05, 0) is 52.7 Å². The molecule has 1 unspecified atom stereocenters. The van der Waals surface area contributed by atoms with Crippen LogP contribution in [0.5, 0.6) is 0 Å². The maximum atomic E-state index is 3.66. The first-order chi connectivity index (χ1) is 8.29. The fourth-order valence-electron chi connectivity index (χ4n) is 2.87. The first kappa shape index (κ1) is 13.6. The third-order valence-electron chi connectivity index (χ3n) is 3.71. The van der Waals surface area contributed by atoms with Gasteiger partial charge in [0.1, 0.15) is 0 Å². The lowest BCUT2D eigenvalue weighted by atomic mass is 9.96. The van der Waals surface area contributed by atoms with Crippen LogP contribution < -0.4 is 5.32 Å². The molecule has 0 aromatic carbocycles. The molecule has 1 aliphatic rings. The highest BCUT2D eigenvalue weighted by molar-refractivity contribution is 9.10. The summed E-state index contributed by atoms with van der Waals surface area (Å²) in [6.45, 7) is 3.30. The summed E-state index contributed by atoms with van der Waals surface area (Å²) in [6, 6.07) is 2.83. The predicted octanol–water partition coefficient (Wildman–Crippen LogP) is 4.61. The zero-order chi connectivity index (χ0) is 12.1. The van der Waals surface area contributed by atoms with E-state index >= 15 is 0 Å². The smallest absolute Gasteiger partial charge is 0.0314 e. The molecule has 0 spiro atoms. The van der Waals surface area contributed by atoms with Crippen LogP contribution in [-0.2, 0) is 6.42 Å². The van der Waals surface area contributed by atoms with Crippen molar-refractivity contribution in [2.24, 2.45) is 5.92 Å². The molecule has 0 aliphatic heterocycles. The van der Waals surface area contributed by atoms with E-state index in [2.05, 4.69) is 39.6 Å². The molecule has 1 N–H and O–H groups in total. The standard InChI is InChI=1S/C14H22BrNS/c1-2-16-12(9-11-5-3-4-6-11)10-14-13(15)7-8-17-14/h7-8,11-12,16H,2-6,9-10H2,1H3. The van der Waals surface area contributed by atoms with E-state index in [-0.39, 0.29) is 0 Å². The summed E-state index contributed by atoms with van der Waals surface area (Å²) in [5.41, 5.74) is 0. The predicted molar refractivity (Wildman–Crippen MR) is 79.8 cm³/mol. The lowest BCUT2D eigenvalue weighted by Gasteiger charge is -2.21. The average Bonchev–Trinajstić information content (AvgIpc) is 2.92. The molecule has 1 aromatic heterocycles. The highest BCUT2D eigenvalue weighted by Crippen LogP contribution is 2.31. The minimum absolute atomic E-state index is 0.665. The van der Waals surface area contributed by atoms with Gasteiger partial charge in [-0.15, -0.1) is 11.3 Å². The molecule has 0 amide bonds. The Morgan fingerprint density at radius 2 is 2.24 bits per heavy atom. The lowest BCUT2D eigenvalue weighted by Crippen LogP contribution is -2.32. The SMILES string of the molecule is CCNC(Cc1sccc1Br)CC1CCCC1. The van der Waals surface area contributed by atoms with Gasteiger partial charge < -0.3 is 5.32 Å².